The van der Waals surface area contributed by atoms with Crippen LogP contribution in [-0.2, 0) is 11.3 Å². The Morgan fingerprint density at radius 3 is 2.82 bits per heavy atom. The summed E-state index contributed by atoms with van der Waals surface area (Å²) in [6, 6.07) is 8.07. The number of fused-ring (bicyclic) bond motifs is 1. The number of amides is 1. The Hall–Kier alpha value is -3.75. The number of carbonyl (C=O) groups excluding carboxylic acids is 1. The standard InChI is InChI=1S/C24H25FN6O2/c1-16-19(14-29-12-10-26-17(29)2)24-27-9-7-21(31(24)28-16)18-8-11-30(13-18)23(32)15-33-22-6-4-3-5-20(22)25/h3-7,9-10,12,18H,8,11,13-15H2,1-2H3/t18-/m1/s1. The molecule has 0 N–H and O–H groups in total. The monoisotopic (exact) mass is 448 g/mol. The third-order valence-electron chi connectivity index (χ3n) is 6.24. The number of para-hydroxylation sites is 1. The number of rotatable bonds is 6. The van der Waals surface area contributed by atoms with Crippen LogP contribution in [0.15, 0.2) is 48.9 Å². The minimum Gasteiger partial charge on any atom is -0.481 e. The number of likely N-dealkylation sites (tertiary alicyclic amines) is 1. The van der Waals surface area contributed by atoms with Crippen molar-refractivity contribution in [1.82, 2.24) is 29.0 Å². The van der Waals surface area contributed by atoms with Gasteiger partial charge in [-0.2, -0.15) is 5.10 Å². The maximum absolute atomic E-state index is 13.8. The second-order valence-corrected chi connectivity index (χ2v) is 8.32. The van der Waals surface area contributed by atoms with Crippen molar-refractivity contribution in [2.75, 3.05) is 19.7 Å². The van der Waals surface area contributed by atoms with E-state index in [1.54, 1.807) is 23.2 Å². The molecule has 1 saturated heterocycles. The van der Waals surface area contributed by atoms with Crippen molar-refractivity contribution < 1.29 is 13.9 Å². The van der Waals surface area contributed by atoms with Crippen molar-refractivity contribution in [1.29, 1.82) is 0 Å². The van der Waals surface area contributed by atoms with Gasteiger partial charge in [-0.15, -0.1) is 0 Å². The highest BCUT2D eigenvalue weighted by molar-refractivity contribution is 5.78. The second-order valence-electron chi connectivity index (χ2n) is 8.32. The minimum absolute atomic E-state index is 0.0881. The molecule has 0 unspecified atom stereocenters. The van der Waals surface area contributed by atoms with E-state index in [9.17, 15) is 9.18 Å². The number of halogens is 1. The fourth-order valence-electron chi connectivity index (χ4n) is 4.37. The Bertz CT molecular complexity index is 1310. The lowest BCUT2D eigenvalue weighted by Gasteiger charge is -2.17. The van der Waals surface area contributed by atoms with Crippen LogP contribution in [0.1, 0.15) is 35.1 Å². The van der Waals surface area contributed by atoms with Crippen molar-refractivity contribution in [2.24, 2.45) is 0 Å². The molecule has 1 fully saturated rings. The summed E-state index contributed by atoms with van der Waals surface area (Å²) in [6.07, 6.45) is 6.36. The molecule has 1 aromatic carbocycles. The maximum atomic E-state index is 13.8. The maximum Gasteiger partial charge on any atom is 0.260 e. The van der Waals surface area contributed by atoms with Crippen LogP contribution in [0.5, 0.6) is 5.75 Å². The zero-order valence-electron chi connectivity index (χ0n) is 18.6. The normalized spacial score (nSPS) is 16.0. The molecule has 5 rings (SSSR count). The largest absolute Gasteiger partial charge is 0.481 e. The summed E-state index contributed by atoms with van der Waals surface area (Å²) < 4.78 is 23.1. The van der Waals surface area contributed by atoms with E-state index in [-0.39, 0.29) is 24.2 Å². The molecule has 4 aromatic rings. The number of aryl methyl sites for hydroxylation is 2. The lowest BCUT2D eigenvalue weighted by Crippen LogP contribution is -2.33. The van der Waals surface area contributed by atoms with Gasteiger partial charge in [0.05, 0.1) is 17.9 Å². The number of hydrogen-bond donors (Lipinski definition) is 0. The van der Waals surface area contributed by atoms with E-state index < -0.39 is 5.82 Å². The average Bonchev–Trinajstić information content (AvgIpc) is 3.53. The van der Waals surface area contributed by atoms with E-state index in [1.807, 2.05) is 36.8 Å². The summed E-state index contributed by atoms with van der Waals surface area (Å²) in [5.41, 5.74) is 3.84. The number of hydrogen-bond acceptors (Lipinski definition) is 5. The Labute approximate surface area is 190 Å². The first-order chi connectivity index (χ1) is 16.0. The van der Waals surface area contributed by atoms with Crippen molar-refractivity contribution in [3.8, 4) is 5.75 Å². The molecule has 4 heterocycles. The highest BCUT2D eigenvalue weighted by Crippen LogP contribution is 2.29. The molecule has 0 spiro atoms. The topological polar surface area (TPSA) is 77.5 Å². The van der Waals surface area contributed by atoms with E-state index >= 15 is 0 Å². The van der Waals surface area contributed by atoms with Gasteiger partial charge in [0.2, 0.25) is 0 Å². The van der Waals surface area contributed by atoms with Crippen LogP contribution in [0.25, 0.3) is 5.65 Å². The first-order valence-corrected chi connectivity index (χ1v) is 11.0. The molecule has 1 amide bonds. The number of aromatic nitrogens is 5. The molecule has 33 heavy (non-hydrogen) atoms. The fraction of sp³-hybridized carbons (Fsp3) is 0.333. The van der Waals surface area contributed by atoms with E-state index in [4.69, 9.17) is 9.84 Å². The van der Waals surface area contributed by atoms with Crippen molar-refractivity contribution in [3.05, 3.63) is 77.5 Å². The Kier molecular flexibility index (Phi) is 5.53. The summed E-state index contributed by atoms with van der Waals surface area (Å²) in [7, 11) is 0. The number of nitrogens with zero attached hydrogens (tertiary/aromatic N) is 6. The highest BCUT2D eigenvalue weighted by atomic mass is 19.1. The van der Waals surface area contributed by atoms with E-state index in [2.05, 4.69) is 14.5 Å². The number of ether oxygens (including phenoxy) is 1. The molecule has 8 nitrogen and oxygen atoms in total. The molecule has 0 aliphatic carbocycles. The summed E-state index contributed by atoms with van der Waals surface area (Å²) in [4.78, 5) is 23.3. The molecule has 170 valence electrons. The number of benzene rings is 1. The molecule has 1 aliphatic rings. The Morgan fingerprint density at radius 1 is 1.18 bits per heavy atom. The fourth-order valence-corrected chi connectivity index (χ4v) is 4.37. The van der Waals surface area contributed by atoms with Crippen LogP contribution in [0.3, 0.4) is 0 Å². The number of imidazole rings is 1. The third-order valence-corrected chi connectivity index (χ3v) is 6.24. The zero-order valence-corrected chi connectivity index (χ0v) is 18.6. The quantitative estimate of drug-likeness (QED) is 0.453. The van der Waals surface area contributed by atoms with E-state index in [0.29, 0.717) is 19.6 Å². The molecule has 0 bridgehead atoms. The van der Waals surface area contributed by atoms with Gasteiger partial charge in [-0.05, 0) is 38.5 Å². The molecule has 1 aliphatic heterocycles. The molecule has 9 heteroatoms. The van der Waals surface area contributed by atoms with Gasteiger partial charge in [0.15, 0.2) is 23.8 Å². The Balaban J connectivity index is 1.32. The molecular formula is C24H25FN6O2. The molecule has 3 aromatic heterocycles. The average molecular weight is 449 g/mol. The third kappa shape index (κ3) is 4.06. The van der Waals surface area contributed by atoms with Gasteiger partial charge < -0.3 is 14.2 Å². The van der Waals surface area contributed by atoms with E-state index in [0.717, 1.165) is 34.8 Å². The van der Waals surface area contributed by atoms with Crippen LogP contribution >= 0.6 is 0 Å². The summed E-state index contributed by atoms with van der Waals surface area (Å²) in [5, 5.41) is 4.77. The predicted octanol–water partition coefficient (Wildman–Crippen LogP) is 3.12. The molecule has 0 saturated carbocycles. The van der Waals surface area contributed by atoms with E-state index in [1.165, 1.54) is 12.1 Å². The minimum atomic E-state index is -0.473. The zero-order chi connectivity index (χ0) is 22.9. The first-order valence-electron chi connectivity index (χ1n) is 11.0. The number of carbonyl (C=O) groups is 1. The van der Waals surface area contributed by atoms with Gasteiger partial charge in [0.1, 0.15) is 5.82 Å². The predicted molar refractivity (Wildman–Crippen MR) is 120 cm³/mol. The first kappa shape index (κ1) is 21.1. The summed E-state index contributed by atoms with van der Waals surface area (Å²) >= 11 is 0. The van der Waals surface area contributed by atoms with Crippen LogP contribution in [0.4, 0.5) is 4.39 Å². The highest BCUT2D eigenvalue weighted by Gasteiger charge is 2.30. The Morgan fingerprint density at radius 2 is 2.03 bits per heavy atom. The van der Waals surface area contributed by atoms with Gasteiger partial charge in [-0.25, -0.2) is 18.9 Å². The van der Waals surface area contributed by atoms with Gasteiger partial charge >= 0.3 is 0 Å². The molecular weight excluding hydrogens is 423 g/mol. The van der Waals surface area contributed by atoms with Gasteiger partial charge in [-0.3, -0.25) is 4.79 Å². The lowest BCUT2D eigenvalue weighted by atomic mass is 10.0. The summed E-state index contributed by atoms with van der Waals surface area (Å²) in [5.74, 6) is 0.533. The van der Waals surface area contributed by atoms with Crippen LogP contribution in [-0.4, -0.2) is 54.7 Å². The van der Waals surface area contributed by atoms with Gasteiger partial charge in [-0.1, -0.05) is 12.1 Å². The van der Waals surface area contributed by atoms with Crippen LogP contribution in [0, 0.1) is 19.7 Å². The van der Waals surface area contributed by atoms with Crippen molar-refractivity contribution in [3.63, 3.8) is 0 Å². The smallest absolute Gasteiger partial charge is 0.260 e. The van der Waals surface area contributed by atoms with Gasteiger partial charge in [0, 0.05) is 43.2 Å². The lowest BCUT2D eigenvalue weighted by molar-refractivity contribution is -0.132. The SMILES string of the molecule is Cc1nn2c([C@@H]3CCN(C(=O)COc4ccccc4F)C3)ccnc2c1Cn1ccnc1C. The summed E-state index contributed by atoms with van der Waals surface area (Å²) in [6.45, 7) is 5.61. The van der Waals surface area contributed by atoms with Crippen LogP contribution < -0.4 is 4.74 Å². The van der Waals surface area contributed by atoms with Crippen molar-refractivity contribution in [2.45, 2.75) is 32.7 Å². The molecule has 0 radical (unpaired) electrons. The molecule has 1 atom stereocenters. The van der Waals surface area contributed by atoms with Crippen molar-refractivity contribution >= 4 is 11.6 Å². The van der Waals surface area contributed by atoms with Gasteiger partial charge in [0.25, 0.3) is 5.91 Å². The van der Waals surface area contributed by atoms with Crippen LogP contribution in [0.2, 0.25) is 0 Å². The second kappa shape index (κ2) is 8.65.